The van der Waals surface area contributed by atoms with E-state index in [0.29, 0.717) is 3.70 Å². The number of carbonyl (C=O) groups excluding carboxylic acids is 1. The molecule has 0 N–H and O–H groups in total. The number of halogens is 3. The van der Waals surface area contributed by atoms with Gasteiger partial charge in [-0.05, 0) is 41.1 Å². The number of esters is 1. The van der Waals surface area contributed by atoms with E-state index in [2.05, 4.69) is 4.98 Å². The van der Waals surface area contributed by atoms with Crippen LogP contribution in [0.2, 0.25) is 0 Å². The Morgan fingerprint density at radius 2 is 2.33 bits per heavy atom. The van der Waals surface area contributed by atoms with Gasteiger partial charge in [0.05, 0.1) is 18.6 Å². The molecule has 0 atom stereocenters. The zero-order valence-electron chi connectivity index (χ0n) is 9.41. The van der Waals surface area contributed by atoms with Crippen molar-refractivity contribution in [2.75, 3.05) is 6.61 Å². The number of nitriles is 1. The quantitative estimate of drug-likeness (QED) is 0.467. The fourth-order valence-corrected chi connectivity index (χ4v) is 2.03. The van der Waals surface area contributed by atoms with Crippen LogP contribution in [0, 0.1) is 15.0 Å². The SMILES string of the molecule is CCOC(=O)Cc1cc(I)nc(C#N)c1C(F)F. The lowest BCUT2D eigenvalue weighted by Gasteiger charge is -2.10. The van der Waals surface area contributed by atoms with Crippen molar-refractivity contribution in [2.24, 2.45) is 0 Å². The molecule has 1 aromatic rings. The molecule has 18 heavy (non-hydrogen) atoms. The normalized spacial score (nSPS) is 10.2. The number of nitrogens with zero attached hydrogens (tertiary/aromatic N) is 2. The lowest BCUT2D eigenvalue weighted by Crippen LogP contribution is -2.12. The summed E-state index contributed by atoms with van der Waals surface area (Å²) in [6.07, 6.45) is -3.14. The second-order valence-electron chi connectivity index (χ2n) is 3.26. The number of aromatic nitrogens is 1. The van der Waals surface area contributed by atoms with Crippen LogP contribution in [0.25, 0.3) is 0 Å². The predicted molar refractivity (Wildman–Crippen MR) is 67.0 cm³/mol. The molecule has 0 spiro atoms. The number of hydrogen-bond acceptors (Lipinski definition) is 4. The lowest BCUT2D eigenvalue weighted by molar-refractivity contribution is -0.142. The summed E-state index contributed by atoms with van der Waals surface area (Å²) in [5.41, 5.74) is -0.762. The van der Waals surface area contributed by atoms with Gasteiger partial charge in [0.15, 0.2) is 5.69 Å². The topological polar surface area (TPSA) is 63.0 Å². The molecule has 0 aliphatic rings. The zero-order valence-corrected chi connectivity index (χ0v) is 11.6. The summed E-state index contributed by atoms with van der Waals surface area (Å²) in [6, 6.07) is 2.98. The Bertz CT molecular complexity index is 501. The van der Waals surface area contributed by atoms with Gasteiger partial charge in [-0.3, -0.25) is 4.79 Å². The molecule has 0 saturated carbocycles. The minimum Gasteiger partial charge on any atom is -0.466 e. The maximum atomic E-state index is 12.9. The van der Waals surface area contributed by atoms with Gasteiger partial charge in [-0.1, -0.05) is 0 Å². The molecule has 1 rings (SSSR count). The summed E-state index contributed by atoms with van der Waals surface area (Å²) in [4.78, 5) is 15.0. The molecule has 0 fully saturated rings. The lowest BCUT2D eigenvalue weighted by atomic mass is 10.0. The molecule has 0 aliphatic heterocycles. The molecule has 4 nitrogen and oxygen atoms in total. The largest absolute Gasteiger partial charge is 0.466 e. The van der Waals surface area contributed by atoms with E-state index in [1.54, 1.807) is 35.6 Å². The number of ether oxygens (including phenoxy) is 1. The van der Waals surface area contributed by atoms with Crippen molar-refractivity contribution in [3.63, 3.8) is 0 Å². The summed E-state index contributed by atoms with van der Waals surface area (Å²) < 4.78 is 30.9. The summed E-state index contributed by atoms with van der Waals surface area (Å²) in [5.74, 6) is -0.606. The van der Waals surface area contributed by atoms with Crippen LogP contribution in [0.1, 0.15) is 30.2 Å². The maximum absolute atomic E-state index is 12.9. The second kappa shape index (κ2) is 6.58. The van der Waals surface area contributed by atoms with Gasteiger partial charge in [0.25, 0.3) is 6.43 Å². The molecule has 7 heteroatoms. The van der Waals surface area contributed by atoms with E-state index < -0.39 is 18.0 Å². The van der Waals surface area contributed by atoms with Gasteiger partial charge < -0.3 is 4.74 Å². The van der Waals surface area contributed by atoms with Gasteiger partial charge in [-0.25, -0.2) is 13.8 Å². The standard InChI is InChI=1S/C11H9F2IN2O2/c1-2-18-9(17)4-6-3-8(14)16-7(5-15)10(6)11(12)13/h3,11H,2,4H2,1H3. The minimum atomic E-state index is -2.85. The Morgan fingerprint density at radius 1 is 1.67 bits per heavy atom. The Kier molecular flexibility index (Phi) is 5.40. The first-order valence-corrected chi connectivity index (χ1v) is 6.10. The Labute approximate surface area is 116 Å². The van der Waals surface area contributed by atoms with Crippen LogP contribution in [0.3, 0.4) is 0 Å². The average molecular weight is 366 g/mol. The van der Waals surface area contributed by atoms with Crippen molar-refractivity contribution < 1.29 is 18.3 Å². The average Bonchev–Trinajstić information content (AvgIpc) is 2.27. The van der Waals surface area contributed by atoms with Gasteiger partial charge in [-0.2, -0.15) is 5.26 Å². The highest BCUT2D eigenvalue weighted by molar-refractivity contribution is 14.1. The van der Waals surface area contributed by atoms with Crippen LogP contribution < -0.4 is 0 Å². The van der Waals surface area contributed by atoms with Gasteiger partial charge in [0.2, 0.25) is 0 Å². The third-order valence-electron chi connectivity index (χ3n) is 2.08. The van der Waals surface area contributed by atoms with Gasteiger partial charge in [-0.15, -0.1) is 0 Å². The highest BCUT2D eigenvalue weighted by Crippen LogP contribution is 2.27. The Morgan fingerprint density at radius 3 is 2.83 bits per heavy atom. The van der Waals surface area contributed by atoms with E-state index in [0.717, 1.165) is 0 Å². The molecule has 0 aromatic carbocycles. The van der Waals surface area contributed by atoms with Crippen molar-refractivity contribution in [1.29, 1.82) is 5.26 Å². The number of alkyl halides is 2. The minimum absolute atomic E-state index is 0.0828. The Hall–Kier alpha value is -1.30. The molecule has 0 saturated heterocycles. The summed E-state index contributed by atoms with van der Waals surface area (Å²) in [5, 5.41) is 8.79. The smallest absolute Gasteiger partial charge is 0.310 e. The summed E-state index contributed by atoms with van der Waals surface area (Å²) in [6.45, 7) is 1.80. The van der Waals surface area contributed by atoms with E-state index in [1.165, 1.54) is 6.07 Å². The summed E-state index contributed by atoms with van der Waals surface area (Å²) >= 11 is 1.80. The molecule has 0 unspecified atom stereocenters. The number of hydrogen-bond donors (Lipinski definition) is 0. The second-order valence-corrected chi connectivity index (χ2v) is 4.37. The molecule has 0 aliphatic carbocycles. The van der Waals surface area contributed by atoms with Crippen LogP contribution >= 0.6 is 22.6 Å². The summed E-state index contributed by atoms with van der Waals surface area (Å²) in [7, 11) is 0. The highest BCUT2D eigenvalue weighted by Gasteiger charge is 2.22. The van der Waals surface area contributed by atoms with Gasteiger partial charge in [0, 0.05) is 0 Å². The number of rotatable bonds is 4. The van der Waals surface area contributed by atoms with Gasteiger partial charge >= 0.3 is 5.97 Å². The third kappa shape index (κ3) is 3.60. The molecule has 0 bridgehead atoms. The van der Waals surface area contributed by atoms with E-state index in [9.17, 15) is 13.6 Å². The predicted octanol–water partition coefficient (Wildman–Crippen LogP) is 2.60. The van der Waals surface area contributed by atoms with Crippen molar-refractivity contribution in [1.82, 2.24) is 4.98 Å². The van der Waals surface area contributed by atoms with Crippen LogP contribution in [-0.2, 0) is 16.0 Å². The van der Waals surface area contributed by atoms with Crippen molar-refractivity contribution in [2.45, 2.75) is 19.8 Å². The number of carbonyl (C=O) groups is 1. The molecule has 96 valence electrons. The molecule has 1 aromatic heterocycles. The zero-order chi connectivity index (χ0) is 13.7. The number of pyridine rings is 1. The van der Waals surface area contributed by atoms with Crippen LogP contribution in [0.5, 0.6) is 0 Å². The van der Waals surface area contributed by atoms with Gasteiger partial charge in [0.1, 0.15) is 9.77 Å². The van der Waals surface area contributed by atoms with Crippen LogP contribution in [-0.4, -0.2) is 17.6 Å². The Balaban J connectivity index is 3.20. The maximum Gasteiger partial charge on any atom is 0.310 e. The van der Waals surface area contributed by atoms with Crippen LogP contribution in [0.4, 0.5) is 8.78 Å². The first kappa shape index (κ1) is 14.8. The molecule has 0 radical (unpaired) electrons. The fraction of sp³-hybridized carbons (Fsp3) is 0.364. The van der Waals surface area contributed by atoms with Crippen molar-refractivity contribution in [3.8, 4) is 6.07 Å². The highest BCUT2D eigenvalue weighted by atomic mass is 127. The van der Waals surface area contributed by atoms with Crippen molar-refractivity contribution >= 4 is 28.6 Å². The first-order valence-electron chi connectivity index (χ1n) is 5.02. The van der Waals surface area contributed by atoms with E-state index >= 15 is 0 Å². The molecular weight excluding hydrogens is 357 g/mol. The van der Waals surface area contributed by atoms with E-state index in [-0.39, 0.29) is 24.3 Å². The third-order valence-corrected chi connectivity index (χ3v) is 2.63. The fourth-order valence-electron chi connectivity index (χ4n) is 1.42. The monoisotopic (exact) mass is 366 g/mol. The molecular formula is C11H9F2IN2O2. The van der Waals surface area contributed by atoms with E-state index in [1.807, 2.05) is 0 Å². The first-order chi connectivity index (χ1) is 8.49. The van der Waals surface area contributed by atoms with Crippen LogP contribution in [0.15, 0.2) is 6.07 Å². The van der Waals surface area contributed by atoms with E-state index in [4.69, 9.17) is 10.00 Å². The van der Waals surface area contributed by atoms with Crippen molar-refractivity contribution in [3.05, 3.63) is 26.6 Å². The molecule has 0 amide bonds. The molecule has 1 heterocycles.